The largest absolute Gasteiger partial charge is 0.318 e. The van der Waals surface area contributed by atoms with Gasteiger partial charge in [-0.3, -0.25) is 14.9 Å². The van der Waals surface area contributed by atoms with Gasteiger partial charge in [0.05, 0.1) is 17.6 Å². The van der Waals surface area contributed by atoms with Crippen molar-refractivity contribution in [2.45, 2.75) is 20.3 Å². The van der Waals surface area contributed by atoms with E-state index in [1.165, 1.54) is 6.07 Å². The molecule has 1 heterocycles. The summed E-state index contributed by atoms with van der Waals surface area (Å²) in [7, 11) is 0. The van der Waals surface area contributed by atoms with Gasteiger partial charge in [-0.05, 0) is 38.1 Å². The van der Waals surface area contributed by atoms with E-state index >= 15 is 0 Å². The zero-order valence-electron chi connectivity index (χ0n) is 15.9. The van der Waals surface area contributed by atoms with Crippen LogP contribution in [0.25, 0.3) is 5.69 Å². The molecule has 0 fully saturated rings. The highest BCUT2D eigenvalue weighted by atomic mass is 79.9. The first kappa shape index (κ1) is 20.5. The highest BCUT2D eigenvalue weighted by Crippen LogP contribution is 2.22. The standard InChI is InChI=1S/C21H19BrN4O3/c1-14-10-17(15(2)25(14)19-8-5-7-18(22)12-19)13-23-24-21(27)11-16-6-3-4-9-20(16)26(28)29/h3-10,12-13H,11H2,1-2H3,(H,24,27)/b23-13+. The molecular formula is C21H19BrN4O3. The van der Waals surface area contributed by atoms with Crippen LogP contribution in [0.2, 0.25) is 0 Å². The van der Waals surface area contributed by atoms with Crippen molar-refractivity contribution >= 4 is 33.7 Å². The summed E-state index contributed by atoms with van der Waals surface area (Å²) in [5.74, 6) is -0.420. The Bertz CT molecular complexity index is 1110. The quantitative estimate of drug-likeness (QED) is 0.338. The molecule has 0 spiro atoms. The molecule has 0 aliphatic carbocycles. The summed E-state index contributed by atoms with van der Waals surface area (Å²) in [5.41, 5.74) is 6.62. The Labute approximate surface area is 176 Å². The summed E-state index contributed by atoms with van der Waals surface area (Å²) < 4.78 is 3.08. The number of hydrogen-bond donors (Lipinski definition) is 1. The van der Waals surface area contributed by atoms with Crippen LogP contribution < -0.4 is 5.43 Å². The zero-order valence-corrected chi connectivity index (χ0v) is 17.5. The Morgan fingerprint density at radius 1 is 1.21 bits per heavy atom. The number of nitrogens with zero attached hydrogens (tertiary/aromatic N) is 3. The molecule has 0 aliphatic heterocycles. The minimum atomic E-state index is -0.497. The molecule has 7 nitrogen and oxygen atoms in total. The van der Waals surface area contributed by atoms with E-state index in [0.717, 1.165) is 27.1 Å². The Kier molecular flexibility index (Phi) is 6.23. The molecular weight excluding hydrogens is 436 g/mol. The Morgan fingerprint density at radius 3 is 2.69 bits per heavy atom. The van der Waals surface area contributed by atoms with Crippen molar-refractivity contribution in [3.63, 3.8) is 0 Å². The van der Waals surface area contributed by atoms with Crippen molar-refractivity contribution in [2.24, 2.45) is 5.10 Å². The topological polar surface area (TPSA) is 89.5 Å². The second-order valence-electron chi connectivity index (χ2n) is 6.50. The van der Waals surface area contributed by atoms with E-state index < -0.39 is 10.8 Å². The van der Waals surface area contributed by atoms with Crippen LogP contribution in [0.5, 0.6) is 0 Å². The first-order valence-electron chi connectivity index (χ1n) is 8.86. The molecule has 0 saturated carbocycles. The number of hydrazone groups is 1. The minimum absolute atomic E-state index is 0.0794. The third-order valence-corrected chi connectivity index (χ3v) is 4.96. The van der Waals surface area contributed by atoms with Crippen LogP contribution in [0.4, 0.5) is 5.69 Å². The monoisotopic (exact) mass is 454 g/mol. The van der Waals surface area contributed by atoms with Gasteiger partial charge < -0.3 is 4.57 Å². The molecule has 1 amide bonds. The molecule has 2 aromatic carbocycles. The number of nitro groups is 1. The minimum Gasteiger partial charge on any atom is -0.318 e. The molecule has 0 aliphatic rings. The second-order valence-corrected chi connectivity index (χ2v) is 7.41. The van der Waals surface area contributed by atoms with Crippen LogP contribution in [0.15, 0.2) is 64.2 Å². The third kappa shape index (κ3) is 4.78. The molecule has 0 bridgehead atoms. The molecule has 148 valence electrons. The number of carbonyl (C=O) groups excluding carboxylic acids is 1. The van der Waals surface area contributed by atoms with Gasteiger partial charge in [0.2, 0.25) is 5.91 Å². The van der Waals surface area contributed by atoms with Crippen molar-refractivity contribution in [2.75, 3.05) is 0 Å². The molecule has 0 saturated heterocycles. The number of nitro benzene ring substituents is 1. The number of amides is 1. The summed E-state index contributed by atoms with van der Waals surface area (Å²) in [6.07, 6.45) is 1.46. The molecule has 29 heavy (non-hydrogen) atoms. The van der Waals surface area contributed by atoms with Crippen molar-refractivity contribution in [3.05, 3.63) is 91.7 Å². The number of para-hydroxylation sites is 1. The molecule has 0 atom stereocenters. The van der Waals surface area contributed by atoms with Crippen LogP contribution in [0, 0.1) is 24.0 Å². The summed E-state index contributed by atoms with van der Waals surface area (Å²) in [6.45, 7) is 3.97. The van der Waals surface area contributed by atoms with Crippen LogP contribution in [0.1, 0.15) is 22.5 Å². The molecule has 3 rings (SSSR count). The predicted molar refractivity (Wildman–Crippen MR) is 115 cm³/mol. The third-order valence-electron chi connectivity index (χ3n) is 4.47. The van der Waals surface area contributed by atoms with E-state index in [-0.39, 0.29) is 12.1 Å². The van der Waals surface area contributed by atoms with E-state index in [0.29, 0.717) is 5.56 Å². The van der Waals surface area contributed by atoms with Gasteiger partial charge in [-0.15, -0.1) is 0 Å². The van der Waals surface area contributed by atoms with E-state index in [1.807, 2.05) is 44.2 Å². The van der Waals surface area contributed by atoms with E-state index in [9.17, 15) is 14.9 Å². The summed E-state index contributed by atoms with van der Waals surface area (Å²) in [6, 6.07) is 16.1. The van der Waals surface area contributed by atoms with Crippen molar-refractivity contribution < 1.29 is 9.72 Å². The fraction of sp³-hybridized carbons (Fsp3) is 0.143. The van der Waals surface area contributed by atoms with Crippen molar-refractivity contribution in [3.8, 4) is 5.69 Å². The fourth-order valence-electron chi connectivity index (χ4n) is 3.16. The number of hydrogen-bond acceptors (Lipinski definition) is 4. The van der Waals surface area contributed by atoms with Crippen LogP contribution in [-0.4, -0.2) is 21.6 Å². The lowest BCUT2D eigenvalue weighted by Gasteiger charge is -2.09. The van der Waals surface area contributed by atoms with Gasteiger partial charge in [-0.25, -0.2) is 5.43 Å². The fourth-order valence-corrected chi connectivity index (χ4v) is 3.54. The maximum atomic E-state index is 12.1. The van der Waals surface area contributed by atoms with Crippen molar-refractivity contribution in [1.29, 1.82) is 0 Å². The van der Waals surface area contributed by atoms with E-state index in [2.05, 4.69) is 31.0 Å². The van der Waals surface area contributed by atoms with Gasteiger partial charge in [0.15, 0.2) is 0 Å². The van der Waals surface area contributed by atoms with Gasteiger partial charge in [-0.2, -0.15) is 5.10 Å². The summed E-state index contributed by atoms with van der Waals surface area (Å²) in [5, 5.41) is 15.1. The predicted octanol–water partition coefficient (Wildman–Crippen LogP) is 4.46. The Hall–Kier alpha value is -3.26. The second kappa shape index (κ2) is 8.83. The highest BCUT2D eigenvalue weighted by Gasteiger charge is 2.15. The lowest BCUT2D eigenvalue weighted by Crippen LogP contribution is -2.20. The summed E-state index contributed by atoms with van der Waals surface area (Å²) in [4.78, 5) is 22.7. The Balaban J connectivity index is 1.72. The van der Waals surface area contributed by atoms with Crippen molar-refractivity contribution in [1.82, 2.24) is 9.99 Å². The van der Waals surface area contributed by atoms with Crippen LogP contribution in [0.3, 0.4) is 0 Å². The van der Waals surface area contributed by atoms with Gasteiger partial charge in [0.25, 0.3) is 5.69 Å². The molecule has 8 heteroatoms. The molecule has 1 aromatic heterocycles. The average molecular weight is 455 g/mol. The number of benzene rings is 2. The van der Waals surface area contributed by atoms with Gasteiger partial charge >= 0.3 is 0 Å². The highest BCUT2D eigenvalue weighted by molar-refractivity contribution is 9.10. The maximum absolute atomic E-state index is 12.1. The normalized spacial score (nSPS) is 11.0. The number of aromatic nitrogens is 1. The number of nitrogens with one attached hydrogen (secondary N) is 1. The lowest BCUT2D eigenvalue weighted by atomic mass is 10.1. The number of rotatable bonds is 6. The first-order valence-corrected chi connectivity index (χ1v) is 9.65. The van der Waals surface area contributed by atoms with Gasteiger partial charge in [0, 0.05) is 38.7 Å². The zero-order chi connectivity index (χ0) is 21.0. The number of aryl methyl sites for hydroxylation is 1. The van der Waals surface area contributed by atoms with E-state index in [1.54, 1.807) is 24.4 Å². The molecule has 3 aromatic rings. The smallest absolute Gasteiger partial charge is 0.273 e. The van der Waals surface area contributed by atoms with E-state index in [4.69, 9.17) is 0 Å². The van der Waals surface area contributed by atoms with Crippen LogP contribution in [-0.2, 0) is 11.2 Å². The molecule has 0 unspecified atom stereocenters. The maximum Gasteiger partial charge on any atom is 0.273 e. The lowest BCUT2D eigenvalue weighted by molar-refractivity contribution is -0.385. The number of carbonyl (C=O) groups is 1. The SMILES string of the molecule is Cc1cc(/C=N/NC(=O)Cc2ccccc2[N+](=O)[O-])c(C)n1-c1cccc(Br)c1. The van der Waals surface area contributed by atoms with Gasteiger partial charge in [0.1, 0.15) is 0 Å². The molecule has 0 radical (unpaired) electrons. The first-order chi connectivity index (χ1) is 13.9. The Morgan fingerprint density at radius 2 is 1.97 bits per heavy atom. The van der Waals surface area contributed by atoms with Gasteiger partial charge in [-0.1, -0.05) is 40.2 Å². The number of halogens is 1. The van der Waals surface area contributed by atoms with Crippen LogP contribution >= 0.6 is 15.9 Å². The summed E-state index contributed by atoms with van der Waals surface area (Å²) >= 11 is 3.49. The average Bonchev–Trinajstić information content (AvgIpc) is 2.95. The molecule has 1 N–H and O–H groups in total.